The third-order valence-corrected chi connectivity index (χ3v) is 6.37. The number of likely N-dealkylation sites (tertiary alicyclic amines) is 1. The summed E-state index contributed by atoms with van der Waals surface area (Å²) in [6.45, 7) is 4.58. The first-order valence-electron chi connectivity index (χ1n) is 10.7. The lowest BCUT2D eigenvalue weighted by Gasteiger charge is -2.42. The smallest absolute Gasteiger partial charge is 0.321 e. The third-order valence-electron chi connectivity index (χ3n) is 6.37. The van der Waals surface area contributed by atoms with Gasteiger partial charge in [0.15, 0.2) is 0 Å². The van der Waals surface area contributed by atoms with Crippen LogP contribution in [0, 0.1) is 5.41 Å². The molecule has 0 bridgehead atoms. The Kier molecular flexibility index (Phi) is 6.16. The molecule has 0 saturated carbocycles. The van der Waals surface area contributed by atoms with E-state index in [0.29, 0.717) is 6.54 Å². The average molecular weight is 394 g/mol. The average Bonchev–Trinajstić information content (AvgIpc) is 3.20. The maximum Gasteiger partial charge on any atom is 0.321 e. The molecule has 2 aromatic carbocycles. The van der Waals surface area contributed by atoms with Crippen LogP contribution in [0.5, 0.6) is 0 Å². The second-order valence-corrected chi connectivity index (χ2v) is 8.51. The fourth-order valence-corrected chi connectivity index (χ4v) is 4.67. The summed E-state index contributed by atoms with van der Waals surface area (Å²) in [6.07, 6.45) is 4.26. The number of aliphatic hydroxyl groups is 1. The molecule has 0 aromatic heterocycles. The Balaban J connectivity index is 1.36. The number of aliphatic hydroxyl groups excluding tert-OH is 1. The molecule has 2 N–H and O–H groups in total. The summed E-state index contributed by atoms with van der Waals surface area (Å²) >= 11 is 0. The predicted octanol–water partition coefficient (Wildman–Crippen LogP) is 3.42. The number of hydrogen-bond acceptors (Lipinski definition) is 3. The Labute approximate surface area is 173 Å². The van der Waals surface area contributed by atoms with Crippen LogP contribution in [0.2, 0.25) is 0 Å². The Morgan fingerprint density at radius 1 is 1.00 bits per heavy atom. The quantitative estimate of drug-likeness (QED) is 0.758. The first-order chi connectivity index (χ1) is 14.2. The summed E-state index contributed by atoms with van der Waals surface area (Å²) in [5.41, 5.74) is 3.54. The number of hydrogen-bond donors (Lipinski definition) is 2. The molecule has 2 saturated heterocycles. The SMILES string of the molecule is O=C1NCCN1c1ccc(CN2CCCC(CO)(CCc3ccccc3)C2)cc1. The minimum Gasteiger partial charge on any atom is -0.396 e. The van der Waals surface area contributed by atoms with Gasteiger partial charge in [0.1, 0.15) is 0 Å². The molecule has 2 fully saturated rings. The maximum absolute atomic E-state index is 11.8. The minimum absolute atomic E-state index is 0.0122. The molecular weight excluding hydrogens is 362 g/mol. The van der Waals surface area contributed by atoms with Crippen molar-refractivity contribution in [3.05, 3.63) is 65.7 Å². The Bertz CT molecular complexity index is 809. The van der Waals surface area contributed by atoms with Crippen molar-refractivity contribution in [2.75, 3.05) is 37.7 Å². The molecule has 2 aliphatic rings. The van der Waals surface area contributed by atoms with Gasteiger partial charge in [-0.1, -0.05) is 42.5 Å². The number of carbonyl (C=O) groups is 1. The van der Waals surface area contributed by atoms with E-state index in [9.17, 15) is 9.90 Å². The molecule has 0 radical (unpaired) electrons. The van der Waals surface area contributed by atoms with Crippen molar-refractivity contribution in [3.63, 3.8) is 0 Å². The molecule has 2 heterocycles. The predicted molar refractivity (Wildman–Crippen MR) is 116 cm³/mol. The molecule has 154 valence electrons. The molecule has 2 aromatic rings. The Morgan fingerprint density at radius 2 is 1.79 bits per heavy atom. The van der Waals surface area contributed by atoms with E-state index in [2.05, 4.69) is 52.7 Å². The molecule has 0 spiro atoms. The maximum atomic E-state index is 11.8. The monoisotopic (exact) mass is 393 g/mol. The number of nitrogens with zero attached hydrogens (tertiary/aromatic N) is 2. The van der Waals surface area contributed by atoms with Gasteiger partial charge in [-0.25, -0.2) is 4.79 Å². The Morgan fingerprint density at radius 3 is 2.48 bits per heavy atom. The second kappa shape index (κ2) is 8.97. The van der Waals surface area contributed by atoms with Crippen molar-refractivity contribution >= 4 is 11.7 Å². The van der Waals surface area contributed by atoms with Gasteiger partial charge >= 0.3 is 6.03 Å². The lowest BCUT2D eigenvalue weighted by atomic mass is 9.76. The number of piperidine rings is 1. The molecule has 29 heavy (non-hydrogen) atoms. The number of nitrogens with one attached hydrogen (secondary N) is 1. The van der Waals surface area contributed by atoms with Crippen LogP contribution in [0.3, 0.4) is 0 Å². The third kappa shape index (κ3) is 4.80. The number of anilines is 1. The van der Waals surface area contributed by atoms with Crippen molar-refractivity contribution in [2.45, 2.75) is 32.2 Å². The highest BCUT2D eigenvalue weighted by Gasteiger charge is 2.34. The van der Waals surface area contributed by atoms with Gasteiger partial charge in [0, 0.05) is 43.9 Å². The minimum atomic E-state index is -0.0140. The zero-order chi connectivity index (χ0) is 20.1. The normalized spacial score (nSPS) is 22.7. The van der Waals surface area contributed by atoms with Crippen molar-refractivity contribution < 1.29 is 9.90 Å². The van der Waals surface area contributed by atoms with E-state index < -0.39 is 0 Å². The fourth-order valence-electron chi connectivity index (χ4n) is 4.67. The molecule has 2 aliphatic heterocycles. The summed E-state index contributed by atoms with van der Waals surface area (Å²) in [5, 5.41) is 13.1. The van der Waals surface area contributed by atoms with E-state index in [1.54, 1.807) is 4.90 Å². The van der Waals surface area contributed by atoms with Crippen LogP contribution < -0.4 is 10.2 Å². The topological polar surface area (TPSA) is 55.8 Å². The lowest BCUT2D eigenvalue weighted by Crippen LogP contribution is -2.45. The van der Waals surface area contributed by atoms with E-state index >= 15 is 0 Å². The van der Waals surface area contributed by atoms with Crippen LogP contribution >= 0.6 is 0 Å². The first-order valence-corrected chi connectivity index (χ1v) is 10.7. The number of carbonyl (C=O) groups excluding carboxylic acids is 1. The van der Waals surface area contributed by atoms with E-state index in [-0.39, 0.29) is 18.1 Å². The van der Waals surface area contributed by atoms with Crippen LogP contribution in [-0.2, 0) is 13.0 Å². The van der Waals surface area contributed by atoms with E-state index in [1.807, 2.05) is 12.1 Å². The summed E-state index contributed by atoms with van der Waals surface area (Å²) in [7, 11) is 0. The van der Waals surface area contributed by atoms with Crippen LogP contribution in [0.15, 0.2) is 54.6 Å². The standard InChI is InChI=1S/C24H31N3O2/c28-19-24(13-11-20-5-2-1-3-6-20)12-4-15-26(18-24)17-21-7-9-22(10-8-21)27-16-14-25-23(27)29/h1-3,5-10,28H,4,11-19H2,(H,25,29). The van der Waals surface area contributed by atoms with Crippen LogP contribution in [0.4, 0.5) is 10.5 Å². The first kappa shape index (κ1) is 19.9. The lowest BCUT2D eigenvalue weighted by molar-refractivity contribution is 0.0224. The summed E-state index contributed by atoms with van der Waals surface area (Å²) in [5.74, 6) is 0. The van der Waals surface area contributed by atoms with Crippen molar-refractivity contribution in [1.82, 2.24) is 10.2 Å². The van der Waals surface area contributed by atoms with Gasteiger partial charge in [-0.15, -0.1) is 0 Å². The number of rotatable bonds is 7. The van der Waals surface area contributed by atoms with Gasteiger partial charge in [0.05, 0.1) is 0 Å². The highest BCUT2D eigenvalue weighted by atomic mass is 16.3. The van der Waals surface area contributed by atoms with Crippen molar-refractivity contribution in [1.29, 1.82) is 0 Å². The van der Waals surface area contributed by atoms with Crippen LogP contribution in [0.25, 0.3) is 0 Å². The van der Waals surface area contributed by atoms with E-state index in [4.69, 9.17) is 0 Å². The summed E-state index contributed by atoms with van der Waals surface area (Å²) < 4.78 is 0. The highest BCUT2D eigenvalue weighted by Crippen LogP contribution is 2.35. The van der Waals surface area contributed by atoms with Gasteiger partial charge in [0.2, 0.25) is 0 Å². The number of aryl methyl sites for hydroxylation is 1. The summed E-state index contributed by atoms with van der Waals surface area (Å²) in [4.78, 5) is 16.1. The van der Waals surface area contributed by atoms with Gasteiger partial charge < -0.3 is 10.4 Å². The van der Waals surface area contributed by atoms with Crippen LogP contribution in [0.1, 0.15) is 30.4 Å². The molecule has 4 rings (SSSR count). The number of urea groups is 1. The van der Waals surface area contributed by atoms with Crippen molar-refractivity contribution in [2.24, 2.45) is 5.41 Å². The zero-order valence-electron chi connectivity index (χ0n) is 17.0. The molecule has 1 atom stereocenters. The summed E-state index contributed by atoms with van der Waals surface area (Å²) in [6, 6.07) is 18.9. The molecule has 2 amide bonds. The molecule has 5 heteroatoms. The van der Waals surface area contributed by atoms with Gasteiger partial charge in [-0.2, -0.15) is 0 Å². The molecule has 0 aliphatic carbocycles. The van der Waals surface area contributed by atoms with Crippen LogP contribution in [-0.4, -0.2) is 48.8 Å². The van der Waals surface area contributed by atoms with E-state index in [0.717, 1.165) is 57.5 Å². The molecular formula is C24H31N3O2. The Hall–Kier alpha value is -2.37. The van der Waals surface area contributed by atoms with E-state index in [1.165, 1.54) is 11.1 Å². The number of benzene rings is 2. The number of amides is 2. The van der Waals surface area contributed by atoms with Gasteiger partial charge in [-0.05, 0) is 55.5 Å². The molecule has 5 nitrogen and oxygen atoms in total. The zero-order valence-corrected chi connectivity index (χ0v) is 17.0. The highest BCUT2D eigenvalue weighted by molar-refractivity contribution is 5.93. The van der Waals surface area contributed by atoms with Crippen molar-refractivity contribution in [3.8, 4) is 0 Å². The molecule has 1 unspecified atom stereocenters. The second-order valence-electron chi connectivity index (χ2n) is 8.51. The van der Waals surface area contributed by atoms with Gasteiger partial charge in [0.25, 0.3) is 0 Å². The fraction of sp³-hybridized carbons (Fsp3) is 0.458. The largest absolute Gasteiger partial charge is 0.396 e. The van der Waals surface area contributed by atoms with Gasteiger partial charge in [-0.3, -0.25) is 9.80 Å².